The molecule has 21 heavy (non-hydrogen) atoms. The molecule has 0 aliphatic carbocycles. The van der Waals surface area contributed by atoms with Crippen molar-refractivity contribution < 1.29 is 14.7 Å². The van der Waals surface area contributed by atoms with E-state index in [9.17, 15) is 14.7 Å². The topological polar surface area (TPSA) is 95.4 Å². The van der Waals surface area contributed by atoms with Gasteiger partial charge in [-0.1, -0.05) is 0 Å². The van der Waals surface area contributed by atoms with Crippen LogP contribution >= 0.6 is 11.3 Å². The van der Waals surface area contributed by atoms with Crippen LogP contribution in [0.1, 0.15) is 16.5 Å². The molecule has 1 aliphatic rings. The van der Waals surface area contributed by atoms with Crippen molar-refractivity contribution in [1.82, 2.24) is 14.9 Å². The lowest BCUT2D eigenvalue weighted by atomic mass is 10.0. The van der Waals surface area contributed by atoms with Gasteiger partial charge < -0.3 is 15.3 Å². The summed E-state index contributed by atoms with van der Waals surface area (Å²) in [5.41, 5.74) is 1.13. The Morgan fingerprint density at radius 1 is 1.38 bits per heavy atom. The number of aromatic nitrogens is 2. The van der Waals surface area contributed by atoms with Gasteiger partial charge in [0.25, 0.3) is 0 Å². The summed E-state index contributed by atoms with van der Waals surface area (Å²) < 4.78 is 0. The summed E-state index contributed by atoms with van der Waals surface area (Å²) >= 11 is 1.52. The van der Waals surface area contributed by atoms with Gasteiger partial charge in [-0.2, -0.15) is 0 Å². The van der Waals surface area contributed by atoms with Crippen molar-refractivity contribution in [1.29, 1.82) is 0 Å². The maximum atomic E-state index is 12.3. The second-order valence-corrected chi connectivity index (χ2v) is 5.54. The molecule has 2 N–H and O–H groups in total. The summed E-state index contributed by atoms with van der Waals surface area (Å²) in [4.78, 5) is 33.8. The summed E-state index contributed by atoms with van der Waals surface area (Å²) in [7, 11) is 0. The number of carbonyl (C=O) groups is 2. The summed E-state index contributed by atoms with van der Waals surface area (Å²) in [5, 5.41) is 13.9. The SMILES string of the molecule is O=C(O)C1c2ccsc2CCN1C(=O)Nc1cncnc1. The summed E-state index contributed by atoms with van der Waals surface area (Å²) in [6.07, 6.45) is 4.94. The largest absolute Gasteiger partial charge is 0.479 e. The van der Waals surface area contributed by atoms with Gasteiger partial charge in [-0.15, -0.1) is 11.3 Å². The third-order valence-electron chi connectivity index (χ3n) is 3.27. The van der Waals surface area contributed by atoms with Crippen LogP contribution in [0.2, 0.25) is 0 Å². The highest BCUT2D eigenvalue weighted by molar-refractivity contribution is 7.10. The Morgan fingerprint density at radius 2 is 2.14 bits per heavy atom. The van der Waals surface area contributed by atoms with Crippen molar-refractivity contribution in [3.05, 3.63) is 40.6 Å². The molecule has 0 aromatic carbocycles. The minimum atomic E-state index is -1.03. The van der Waals surface area contributed by atoms with Gasteiger partial charge in [-0.05, 0) is 23.4 Å². The van der Waals surface area contributed by atoms with Gasteiger partial charge in [0.15, 0.2) is 6.04 Å². The van der Waals surface area contributed by atoms with Gasteiger partial charge in [-0.25, -0.2) is 19.6 Å². The zero-order valence-electron chi connectivity index (χ0n) is 10.9. The molecule has 3 rings (SSSR count). The molecule has 1 aliphatic heterocycles. The molecule has 0 spiro atoms. The van der Waals surface area contributed by atoms with Crippen LogP contribution in [-0.4, -0.2) is 38.5 Å². The molecule has 108 valence electrons. The Labute approximate surface area is 124 Å². The minimum Gasteiger partial charge on any atom is -0.479 e. The van der Waals surface area contributed by atoms with Crippen molar-refractivity contribution in [2.24, 2.45) is 0 Å². The number of rotatable bonds is 2. The van der Waals surface area contributed by atoms with Crippen molar-refractivity contribution in [2.75, 3.05) is 11.9 Å². The molecule has 0 bridgehead atoms. The van der Waals surface area contributed by atoms with Crippen molar-refractivity contribution in [3.8, 4) is 0 Å². The van der Waals surface area contributed by atoms with E-state index < -0.39 is 18.0 Å². The molecular weight excluding hydrogens is 292 g/mol. The fourth-order valence-electron chi connectivity index (χ4n) is 2.36. The lowest BCUT2D eigenvalue weighted by molar-refractivity contribution is -0.142. The highest BCUT2D eigenvalue weighted by Crippen LogP contribution is 2.33. The Hall–Kier alpha value is -2.48. The number of carbonyl (C=O) groups excluding carboxylic acids is 1. The normalized spacial score (nSPS) is 17.1. The quantitative estimate of drug-likeness (QED) is 0.881. The van der Waals surface area contributed by atoms with Crippen LogP contribution in [0.25, 0.3) is 0 Å². The number of urea groups is 1. The maximum Gasteiger partial charge on any atom is 0.331 e. The second kappa shape index (κ2) is 5.49. The fourth-order valence-corrected chi connectivity index (χ4v) is 3.26. The van der Waals surface area contributed by atoms with E-state index in [1.54, 1.807) is 6.07 Å². The first kappa shape index (κ1) is 13.5. The Kier molecular flexibility index (Phi) is 3.53. The monoisotopic (exact) mass is 304 g/mol. The van der Waals surface area contributed by atoms with Crippen LogP contribution in [-0.2, 0) is 11.2 Å². The highest BCUT2D eigenvalue weighted by atomic mass is 32.1. The van der Waals surface area contributed by atoms with Crippen LogP contribution in [0.5, 0.6) is 0 Å². The fraction of sp³-hybridized carbons (Fsp3) is 0.231. The number of nitrogens with zero attached hydrogens (tertiary/aromatic N) is 3. The van der Waals surface area contributed by atoms with Gasteiger partial charge in [0, 0.05) is 11.4 Å². The third kappa shape index (κ3) is 2.57. The van der Waals surface area contributed by atoms with E-state index in [0.717, 1.165) is 4.88 Å². The van der Waals surface area contributed by atoms with Gasteiger partial charge >= 0.3 is 12.0 Å². The van der Waals surface area contributed by atoms with Crippen molar-refractivity contribution in [3.63, 3.8) is 0 Å². The standard InChI is InChI=1S/C13H12N4O3S/c18-12(19)11-9-2-4-21-10(9)1-3-17(11)13(20)16-8-5-14-7-15-6-8/h2,4-7,11H,1,3H2,(H,16,20)(H,18,19). The van der Waals surface area contributed by atoms with Crippen LogP contribution < -0.4 is 5.32 Å². The molecule has 3 heterocycles. The average Bonchev–Trinajstić information content (AvgIpc) is 2.95. The first-order valence-corrected chi connectivity index (χ1v) is 7.16. The van der Waals surface area contributed by atoms with E-state index in [1.807, 2.05) is 5.38 Å². The Morgan fingerprint density at radius 3 is 2.86 bits per heavy atom. The smallest absolute Gasteiger partial charge is 0.331 e. The van der Waals surface area contributed by atoms with Gasteiger partial charge in [-0.3, -0.25) is 0 Å². The van der Waals surface area contributed by atoms with E-state index in [4.69, 9.17) is 0 Å². The van der Waals surface area contributed by atoms with E-state index >= 15 is 0 Å². The zero-order chi connectivity index (χ0) is 14.8. The molecule has 2 amide bonds. The number of carboxylic acid groups (broad SMARTS) is 1. The minimum absolute atomic E-state index is 0.365. The van der Waals surface area contributed by atoms with E-state index in [0.29, 0.717) is 24.2 Å². The van der Waals surface area contributed by atoms with Crippen LogP contribution in [0.15, 0.2) is 30.2 Å². The molecule has 1 unspecified atom stereocenters. The molecule has 2 aromatic rings. The van der Waals surface area contributed by atoms with Gasteiger partial charge in [0.05, 0.1) is 18.1 Å². The first-order valence-electron chi connectivity index (χ1n) is 6.28. The average molecular weight is 304 g/mol. The Bertz CT molecular complexity index is 673. The number of amides is 2. The molecule has 7 nitrogen and oxygen atoms in total. The highest BCUT2D eigenvalue weighted by Gasteiger charge is 2.36. The molecule has 0 saturated carbocycles. The van der Waals surface area contributed by atoms with Crippen molar-refractivity contribution in [2.45, 2.75) is 12.5 Å². The van der Waals surface area contributed by atoms with Crippen molar-refractivity contribution >= 4 is 29.0 Å². The predicted molar refractivity (Wildman–Crippen MR) is 76.2 cm³/mol. The van der Waals surface area contributed by atoms with Gasteiger partial charge in [0.1, 0.15) is 6.33 Å². The number of hydrogen-bond donors (Lipinski definition) is 2. The number of aliphatic carboxylic acids is 1. The van der Waals surface area contributed by atoms with Crippen LogP contribution in [0, 0.1) is 0 Å². The van der Waals surface area contributed by atoms with Crippen LogP contribution in [0.4, 0.5) is 10.5 Å². The lowest BCUT2D eigenvalue weighted by Crippen LogP contribution is -2.45. The molecule has 1 atom stereocenters. The Balaban J connectivity index is 1.84. The molecule has 2 aromatic heterocycles. The number of thiophene rings is 1. The molecule has 0 radical (unpaired) electrons. The number of nitrogens with one attached hydrogen (secondary N) is 1. The van der Waals surface area contributed by atoms with Gasteiger partial charge in [0.2, 0.25) is 0 Å². The number of fused-ring (bicyclic) bond motifs is 1. The molecule has 0 saturated heterocycles. The van der Waals surface area contributed by atoms with E-state index in [-0.39, 0.29) is 0 Å². The maximum absolute atomic E-state index is 12.3. The second-order valence-electron chi connectivity index (χ2n) is 4.54. The summed E-state index contributed by atoms with van der Waals surface area (Å²) in [6.45, 7) is 0.365. The molecule has 8 heteroatoms. The number of carboxylic acids is 1. The van der Waals surface area contributed by atoms with E-state index in [2.05, 4.69) is 15.3 Å². The summed E-state index contributed by atoms with van der Waals surface area (Å²) in [5.74, 6) is -1.03. The predicted octanol–water partition coefficient (Wildman–Crippen LogP) is 1.75. The number of anilines is 1. The zero-order valence-corrected chi connectivity index (χ0v) is 11.7. The first-order chi connectivity index (χ1) is 10.2. The van der Waals surface area contributed by atoms with Crippen LogP contribution in [0.3, 0.4) is 0 Å². The number of hydrogen-bond acceptors (Lipinski definition) is 5. The van der Waals surface area contributed by atoms with E-state index in [1.165, 1.54) is 35.0 Å². The summed E-state index contributed by atoms with van der Waals surface area (Å²) in [6, 6.07) is 0.350. The molecular formula is C13H12N4O3S. The third-order valence-corrected chi connectivity index (χ3v) is 4.27. The molecule has 0 fully saturated rings. The lowest BCUT2D eigenvalue weighted by Gasteiger charge is -2.33.